The molecule has 0 radical (unpaired) electrons. The van der Waals surface area contributed by atoms with Crippen LogP contribution in [0.3, 0.4) is 0 Å². The highest BCUT2D eigenvalue weighted by Gasteiger charge is 2.43. The standard InChI is InChI=1S/C21H25NO5/c1-26-15-7-3-13(4-8-15)11-19(24)22-20-17(12-18(23)21(20)25)14-5-9-16(27-2)10-6-14/h3-10,17-18,20-21,23,25H,11-12H2,1-2H3,(H,22,24). The SMILES string of the molecule is COc1ccc(CC(=O)NC2C(c3ccc(OC)cc3)CC(O)C2O)cc1. The number of hydrogen-bond donors (Lipinski definition) is 3. The number of ether oxygens (including phenoxy) is 2. The third-order valence-electron chi connectivity index (χ3n) is 5.09. The predicted molar refractivity (Wildman–Crippen MR) is 101 cm³/mol. The Balaban J connectivity index is 1.70. The minimum Gasteiger partial charge on any atom is -0.497 e. The Morgan fingerprint density at radius 3 is 2.11 bits per heavy atom. The summed E-state index contributed by atoms with van der Waals surface area (Å²) in [4.78, 5) is 12.5. The maximum atomic E-state index is 12.5. The molecule has 0 saturated heterocycles. The molecule has 144 valence electrons. The summed E-state index contributed by atoms with van der Waals surface area (Å²) in [5, 5.41) is 23.4. The van der Waals surface area contributed by atoms with Crippen LogP contribution in [0.4, 0.5) is 0 Å². The monoisotopic (exact) mass is 371 g/mol. The van der Waals surface area contributed by atoms with E-state index in [1.165, 1.54) is 0 Å². The highest BCUT2D eigenvalue weighted by Crippen LogP contribution is 2.36. The minimum atomic E-state index is -1.00. The minimum absolute atomic E-state index is 0.166. The van der Waals surface area contributed by atoms with Crippen molar-refractivity contribution in [1.29, 1.82) is 0 Å². The first kappa shape index (κ1) is 19.2. The van der Waals surface area contributed by atoms with Gasteiger partial charge in [0.05, 0.1) is 32.8 Å². The molecule has 1 aliphatic carbocycles. The number of aliphatic hydroxyl groups excluding tert-OH is 2. The van der Waals surface area contributed by atoms with Gasteiger partial charge in [-0.2, -0.15) is 0 Å². The molecular formula is C21H25NO5. The molecule has 1 saturated carbocycles. The fourth-order valence-electron chi connectivity index (χ4n) is 3.57. The number of amides is 1. The molecule has 0 spiro atoms. The second kappa shape index (κ2) is 8.41. The normalized spacial score (nSPS) is 24.4. The van der Waals surface area contributed by atoms with Gasteiger partial charge in [0.15, 0.2) is 0 Å². The number of hydrogen-bond acceptors (Lipinski definition) is 5. The third-order valence-corrected chi connectivity index (χ3v) is 5.09. The Kier molecular flexibility index (Phi) is 5.98. The lowest BCUT2D eigenvalue weighted by molar-refractivity contribution is -0.122. The summed E-state index contributed by atoms with van der Waals surface area (Å²) >= 11 is 0. The topological polar surface area (TPSA) is 88.0 Å². The maximum Gasteiger partial charge on any atom is 0.224 e. The van der Waals surface area contributed by atoms with Gasteiger partial charge in [0.1, 0.15) is 17.6 Å². The van der Waals surface area contributed by atoms with Crippen LogP contribution in [0.25, 0.3) is 0 Å². The maximum absolute atomic E-state index is 12.5. The van der Waals surface area contributed by atoms with Crippen LogP contribution in [0, 0.1) is 0 Å². The third kappa shape index (κ3) is 4.40. The van der Waals surface area contributed by atoms with Crippen molar-refractivity contribution in [3.63, 3.8) is 0 Å². The molecular weight excluding hydrogens is 346 g/mol. The molecule has 1 fully saturated rings. The molecule has 0 heterocycles. The molecule has 4 atom stereocenters. The van der Waals surface area contributed by atoms with Crippen molar-refractivity contribution in [2.45, 2.75) is 37.0 Å². The molecule has 0 bridgehead atoms. The zero-order valence-corrected chi connectivity index (χ0v) is 15.5. The van der Waals surface area contributed by atoms with Crippen LogP contribution in [-0.2, 0) is 11.2 Å². The van der Waals surface area contributed by atoms with Crippen LogP contribution in [0.2, 0.25) is 0 Å². The van der Waals surface area contributed by atoms with Crippen molar-refractivity contribution in [2.24, 2.45) is 0 Å². The molecule has 4 unspecified atom stereocenters. The highest BCUT2D eigenvalue weighted by molar-refractivity contribution is 5.79. The summed E-state index contributed by atoms with van der Waals surface area (Å²) in [5.74, 6) is 1.10. The number of nitrogens with one attached hydrogen (secondary N) is 1. The molecule has 3 rings (SSSR count). The molecule has 2 aromatic carbocycles. The Morgan fingerprint density at radius 2 is 1.56 bits per heavy atom. The van der Waals surface area contributed by atoms with Gasteiger partial charge in [0.2, 0.25) is 5.91 Å². The average molecular weight is 371 g/mol. The predicted octanol–water partition coefficient (Wildman–Crippen LogP) is 1.64. The lowest BCUT2D eigenvalue weighted by atomic mass is 9.93. The second-order valence-electron chi connectivity index (χ2n) is 6.79. The van der Waals surface area contributed by atoms with Crippen molar-refractivity contribution in [1.82, 2.24) is 5.32 Å². The average Bonchev–Trinajstić information content (AvgIpc) is 2.97. The number of methoxy groups -OCH3 is 2. The molecule has 27 heavy (non-hydrogen) atoms. The zero-order chi connectivity index (χ0) is 19.4. The van der Waals surface area contributed by atoms with Crippen molar-refractivity contribution < 1.29 is 24.5 Å². The van der Waals surface area contributed by atoms with E-state index in [1.54, 1.807) is 26.4 Å². The van der Waals surface area contributed by atoms with Crippen LogP contribution >= 0.6 is 0 Å². The Labute approximate surface area is 158 Å². The first-order valence-corrected chi connectivity index (χ1v) is 8.94. The van der Waals surface area contributed by atoms with Crippen LogP contribution < -0.4 is 14.8 Å². The van der Waals surface area contributed by atoms with Gasteiger partial charge in [-0.05, 0) is 41.8 Å². The number of benzene rings is 2. The first-order chi connectivity index (χ1) is 13.0. The van der Waals surface area contributed by atoms with Gasteiger partial charge in [-0.1, -0.05) is 24.3 Å². The van der Waals surface area contributed by atoms with E-state index in [2.05, 4.69) is 5.32 Å². The highest BCUT2D eigenvalue weighted by atomic mass is 16.5. The summed E-state index contributed by atoms with van der Waals surface area (Å²) < 4.78 is 10.3. The van der Waals surface area contributed by atoms with Gasteiger partial charge in [0, 0.05) is 5.92 Å². The summed E-state index contributed by atoms with van der Waals surface area (Å²) in [6.07, 6.45) is -1.29. The fourth-order valence-corrected chi connectivity index (χ4v) is 3.57. The van der Waals surface area contributed by atoms with Crippen LogP contribution in [0.5, 0.6) is 11.5 Å². The van der Waals surface area contributed by atoms with Crippen molar-refractivity contribution in [3.8, 4) is 11.5 Å². The molecule has 0 aliphatic heterocycles. The van der Waals surface area contributed by atoms with E-state index in [9.17, 15) is 15.0 Å². The van der Waals surface area contributed by atoms with Gasteiger partial charge in [0.25, 0.3) is 0 Å². The van der Waals surface area contributed by atoms with Gasteiger partial charge in [-0.3, -0.25) is 4.79 Å². The quantitative estimate of drug-likeness (QED) is 0.719. The first-order valence-electron chi connectivity index (χ1n) is 8.94. The van der Waals surface area contributed by atoms with Crippen LogP contribution in [-0.4, -0.2) is 48.6 Å². The molecule has 6 heteroatoms. The summed E-state index contributed by atoms with van der Waals surface area (Å²) in [7, 11) is 3.19. The van der Waals surface area contributed by atoms with Gasteiger partial charge >= 0.3 is 0 Å². The second-order valence-corrected chi connectivity index (χ2v) is 6.79. The summed E-state index contributed by atoms with van der Waals surface area (Å²) in [6, 6.07) is 14.2. The van der Waals surface area contributed by atoms with E-state index in [0.29, 0.717) is 6.42 Å². The lowest BCUT2D eigenvalue weighted by Crippen LogP contribution is -2.45. The molecule has 0 aromatic heterocycles. The number of aliphatic hydroxyl groups is 2. The Morgan fingerprint density at radius 1 is 1.00 bits per heavy atom. The Hall–Kier alpha value is -2.57. The van der Waals surface area contributed by atoms with E-state index in [-0.39, 0.29) is 18.2 Å². The Bertz CT molecular complexity index is 759. The molecule has 1 amide bonds. The molecule has 2 aromatic rings. The van der Waals surface area contributed by atoms with E-state index in [4.69, 9.17) is 9.47 Å². The summed E-state index contributed by atoms with van der Waals surface area (Å²) in [6.45, 7) is 0. The van der Waals surface area contributed by atoms with E-state index in [0.717, 1.165) is 22.6 Å². The molecule has 6 nitrogen and oxygen atoms in total. The van der Waals surface area contributed by atoms with Gasteiger partial charge in [-0.15, -0.1) is 0 Å². The van der Waals surface area contributed by atoms with E-state index >= 15 is 0 Å². The number of carbonyl (C=O) groups is 1. The zero-order valence-electron chi connectivity index (χ0n) is 15.5. The van der Waals surface area contributed by atoms with Crippen LogP contribution in [0.1, 0.15) is 23.5 Å². The van der Waals surface area contributed by atoms with Crippen LogP contribution in [0.15, 0.2) is 48.5 Å². The van der Waals surface area contributed by atoms with E-state index in [1.807, 2.05) is 36.4 Å². The summed E-state index contributed by atoms with van der Waals surface area (Å²) in [5.41, 5.74) is 1.79. The van der Waals surface area contributed by atoms with Crippen molar-refractivity contribution in [2.75, 3.05) is 14.2 Å². The smallest absolute Gasteiger partial charge is 0.224 e. The molecule has 3 N–H and O–H groups in total. The van der Waals surface area contributed by atoms with Crippen molar-refractivity contribution in [3.05, 3.63) is 59.7 Å². The lowest BCUT2D eigenvalue weighted by Gasteiger charge is -2.24. The number of carbonyl (C=O) groups excluding carboxylic acids is 1. The van der Waals surface area contributed by atoms with E-state index < -0.39 is 18.2 Å². The fraction of sp³-hybridized carbons (Fsp3) is 0.381. The largest absolute Gasteiger partial charge is 0.497 e. The van der Waals surface area contributed by atoms with Gasteiger partial charge < -0.3 is 25.0 Å². The molecule has 1 aliphatic rings. The van der Waals surface area contributed by atoms with Crippen molar-refractivity contribution >= 4 is 5.91 Å². The van der Waals surface area contributed by atoms with Gasteiger partial charge in [-0.25, -0.2) is 0 Å². The number of rotatable bonds is 6.